The van der Waals surface area contributed by atoms with Crippen molar-refractivity contribution in [2.24, 2.45) is 11.8 Å². The number of hydrogen-bond acceptors (Lipinski definition) is 3. The van der Waals surface area contributed by atoms with Crippen molar-refractivity contribution in [2.45, 2.75) is 51.6 Å². The van der Waals surface area contributed by atoms with E-state index in [9.17, 15) is 9.59 Å². The van der Waals surface area contributed by atoms with Crippen molar-refractivity contribution in [1.29, 1.82) is 0 Å². The van der Waals surface area contributed by atoms with E-state index in [1.165, 1.54) is 12.8 Å². The van der Waals surface area contributed by atoms with Gasteiger partial charge in [0.1, 0.15) is 5.82 Å². The van der Waals surface area contributed by atoms with Crippen LogP contribution < -0.4 is 5.32 Å². The minimum atomic E-state index is -0.174. The number of aromatic nitrogens is 2. The molecule has 1 saturated heterocycles. The molecule has 1 aromatic rings. The molecule has 2 fully saturated rings. The summed E-state index contributed by atoms with van der Waals surface area (Å²) in [7, 11) is 0. The number of aryl methyl sites for hydroxylation is 2. The third-order valence-corrected chi connectivity index (χ3v) is 5.22. The Morgan fingerprint density at radius 1 is 1.35 bits per heavy atom. The fraction of sp³-hybridized carbons (Fsp3) is 0.706. The lowest BCUT2D eigenvalue weighted by atomic mass is 10.0. The molecule has 6 heteroatoms. The number of nitrogens with one attached hydrogen (secondary N) is 1. The van der Waals surface area contributed by atoms with E-state index in [0.29, 0.717) is 18.9 Å². The van der Waals surface area contributed by atoms with Gasteiger partial charge in [0.2, 0.25) is 11.8 Å². The second-order valence-electron chi connectivity index (χ2n) is 7.34. The van der Waals surface area contributed by atoms with E-state index in [-0.39, 0.29) is 23.8 Å². The number of carbonyl (C=O) groups is 2. The highest BCUT2D eigenvalue weighted by Gasteiger charge is 2.37. The third-order valence-electron chi connectivity index (χ3n) is 5.22. The van der Waals surface area contributed by atoms with Gasteiger partial charge >= 0.3 is 0 Å². The summed E-state index contributed by atoms with van der Waals surface area (Å²) in [5.74, 6) is 1.81. The van der Waals surface area contributed by atoms with Gasteiger partial charge in [0, 0.05) is 44.7 Å². The molecule has 1 saturated carbocycles. The molecule has 124 valence electrons. The quantitative estimate of drug-likeness (QED) is 0.897. The smallest absolute Gasteiger partial charge is 0.225 e. The SMILES string of the molecule is Cc1cn2c(n1)CCC(NC(=O)C1CC(=O)N(CC3CC3)C1)C2. The largest absolute Gasteiger partial charge is 0.351 e. The van der Waals surface area contributed by atoms with Crippen molar-refractivity contribution in [3.05, 3.63) is 17.7 Å². The maximum Gasteiger partial charge on any atom is 0.225 e. The highest BCUT2D eigenvalue weighted by atomic mass is 16.2. The van der Waals surface area contributed by atoms with Crippen molar-refractivity contribution in [2.75, 3.05) is 13.1 Å². The summed E-state index contributed by atoms with van der Waals surface area (Å²) in [6.07, 6.45) is 6.71. The Balaban J connectivity index is 1.32. The number of imidazole rings is 1. The molecular formula is C17H24N4O2. The summed E-state index contributed by atoms with van der Waals surface area (Å²) in [5, 5.41) is 3.15. The Morgan fingerprint density at radius 3 is 2.96 bits per heavy atom. The second kappa shape index (κ2) is 5.65. The third kappa shape index (κ3) is 3.12. The standard InChI is InChI=1S/C17H24N4O2/c1-11-7-20-10-14(4-5-15(20)18-11)19-17(23)13-6-16(22)21(9-13)8-12-2-3-12/h7,12-14H,2-6,8-10H2,1H3,(H,19,23). The molecule has 0 spiro atoms. The van der Waals surface area contributed by atoms with Crippen LogP contribution in [0.2, 0.25) is 0 Å². The summed E-state index contributed by atoms with van der Waals surface area (Å²) >= 11 is 0. The summed E-state index contributed by atoms with van der Waals surface area (Å²) in [6, 6.07) is 0.149. The van der Waals surface area contributed by atoms with E-state index in [0.717, 1.165) is 37.4 Å². The average Bonchev–Trinajstić information content (AvgIpc) is 3.13. The van der Waals surface area contributed by atoms with Gasteiger partial charge in [-0.25, -0.2) is 4.98 Å². The number of rotatable bonds is 4. The summed E-state index contributed by atoms with van der Waals surface area (Å²) in [5.41, 5.74) is 1.03. The molecule has 2 unspecified atom stereocenters. The predicted molar refractivity (Wildman–Crippen MR) is 84.6 cm³/mol. The van der Waals surface area contributed by atoms with Crippen LogP contribution in [-0.2, 0) is 22.6 Å². The molecule has 1 N–H and O–H groups in total. The number of likely N-dealkylation sites (tertiary alicyclic amines) is 1. The van der Waals surface area contributed by atoms with E-state index < -0.39 is 0 Å². The monoisotopic (exact) mass is 316 g/mol. The van der Waals surface area contributed by atoms with Gasteiger partial charge < -0.3 is 14.8 Å². The number of hydrogen-bond donors (Lipinski definition) is 1. The van der Waals surface area contributed by atoms with Crippen molar-refractivity contribution < 1.29 is 9.59 Å². The first-order valence-electron chi connectivity index (χ1n) is 8.69. The molecule has 0 aromatic carbocycles. The fourth-order valence-electron chi connectivity index (χ4n) is 3.76. The highest BCUT2D eigenvalue weighted by molar-refractivity contribution is 5.89. The molecule has 2 atom stereocenters. The maximum absolute atomic E-state index is 12.5. The molecule has 3 heterocycles. The van der Waals surface area contributed by atoms with E-state index in [1.807, 2.05) is 18.0 Å². The van der Waals surface area contributed by atoms with Crippen molar-refractivity contribution >= 4 is 11.8 Å². The van der Waals surface area contributed by atoms with Crippen LogP contribution >= 0.6 is 0 Å². The van der Waals surface area contributed by atoms with E-state index in [1.54, 1.807) is 0 Å². The van der Waals surface area contributed by atoms with Crippen molar-refractivity contribution in [3.8, 4) is 0 Å². The Hall–Kier alpha value is -1.85. The molecule has 2 aliphatic heterocycles. The van der Waals surface area contributed by atoms with Gasteiger partial charge in [0.25, 0.3) is 0 Å². The zero-order valence-electron chi connectivity index (χ0n) is 13.6. The van der Waals surface area contributed by atoms with Crippen LogP contribution in [0.25, 0.3) is 0 Å². The van der Waals surface area contributed by atoms with Gasteiger partial charge in [-0.3, -0.25) is 9.59 Å². The van der Waals surface area contributed by atoms with Gasteiger partial charge in [-0.15, -0.1) is 0 Å². The van der Waals surface area contributed by atoms with Crippen molar-refractivity contribution in [1.82, 2.24) is 19.8 Å². The molecule has 1 aromatic heterocycles. The lowest BCUT2D eigenvalue weighted by Gasteiger charge is -2.26. The molecule has 23 heavy (non-hydrogen) atoms. The van der Waals surface area contributed by atoms with Gasteiger partial charge in [-0.2, -0.15) is 0 Å². The topological polar surface area (TPSA) is 67.2 Å². The van der Waals surface area contributed by atoms with Crippen molar-refractivity contribution in [3.63, 3.8) is 0 Å². The number of fused-ring (bicyclic) bond motifs is 1. The average molecular weight is 316 g/mol. The Kier molecular flexibility index (Phi) is 3.62. The molecule has 2 amide bonds. The Bertz CT molecular complexity index is 635. The summed E-state index contributed by atoms with van der Waals surface area (Å²) < 4.78 is 2.14. The van der Waals surface area contributed by atoms with Crippen LogP contribution in [0.4, 0.5) is 0 Å². The summed E-state index contributed by atoms with van der Waals surface area (Å²) in [4.78, 5) is 30.9. The number of nitrogens with zero attached hydrogens (tertiary/aromatic N) is 3. The first-order chi connectivity index (χ1) is 11.1. The Morgan fingerprint density at radius 2 is 2.17 bits per heavy atom. The van der Waals surface area contributed by atoms with Crippen LogP contribution in [-0.4, -0.2) is 45.4 Å². The summed E-state index contributed by atoms with van der Waals surface area (Å²) in [6.45, 7) is 4.24. The molecule has 0 bridgehead atoms. The fourth-order valence-corrected chi connectivity index (χ4v) is 3.76. The molecular weight excluding hydrogens is 292 g/mol. The van der Waals surface area contributed by atoms with Crippen LogP contribution in [0.5, 0.6) is 0 Å². The van der Waals surface area contributed by atoms with Gasteiger partial charge in [-0.1, -0.05) is 0 Å². The first-order valence-corrected chi connectivity index (χ1v) is 8.69. The van der Waals surface area contributed by atoms with E-state index >= 15 is 0 Å². The number of carbonyl (C=O) groups excluding carboxylic acids is 2. The lowest BCUT2D eigenvalue weighted by molar-refractivity contribution is -0.129. The predicted octanol–water partition coefficient (Wildman–Crippen LogP) is 0.881. The van der Waals surface area contributed by atoms with E-state index in [2.05, 4.69) is 14.9 Å². The first kappa shape index (κ1) is 14.7. The minimum absolute atomic E-state index is 0.0435. The minimum Gasteiger partial charge on any atom is -0.351 e. The molecule has 1 aliphatic carbocycles. The Labute approximate surface area is 136 Å². The second-order valence-corrected chi connectivity index (χ2v) is 7.34. The molecule has 0 radical (unpaired) electrons. The lowest BCUT2D eigenvalue weighted by Crippen LogP contribution is -2.44. The molecule has 4 rings (SSSR count). The zero-order valence-corrected chi connectivity index (χ0v) is 13.6. The van der Waals surface area contributed by atoms with Gasteiger partial charge in [-0.05, 0) is 32.1 Å². The van der Waals surface area contributed by atoms with Crippen LogP contribution in [0.1, 0.15) is 37.2 Å². The zero-order chi connectivity index (χ0) is 16.0. The highest BCUT2D eigenvalue weighted by Crippen LogP contribution is 2.32. The van der Waals surface area contributed by atoms with Gasteiger partial charge in [0.05, 0.1) is 11.6 Å². The molecule has 3 aliphatic rings. The van der Waals surface area contributed by atoms with Crippen LogP contribution in [0.15, 0.2) is 6.20 Å². The maximum atomic E-state index is 12.5. The normalized spacial score (nSPS) is 27.2. The van der Waals surface area contributed by atoms with Crippen LogP contribution in [0, 0.1) is 18.8 Å². The molecule has 6 nitrogen and oxygen atoms in total. The van der Waals surface area contributed by atoms with E-state index in [4.69, 9.17) is 0 Å². The van der Waals surface area contributed by atoms with Crippen LogP contribution in [0.3, 0.4) is 0 Å². The number of amides is 2. The van der Waals surface area contributed by atoms with Gasteiger partial charge in [0.15, 0.2) is 0 Å².